The molecule has 1 aromatic rings. The third kappa shape index (κ3) is 3.51. The molecule has 0 bridgehead atoms. The number of nitrogens with zero attached hydrogens (tertiary/aromatic N) is 3. The topological polar surface area (TPSA) is 75.9 Å². The Balaban J connectivity index is 1.69. The third-order valence-electron chi connectivity index (χ3n) is 5.31. The second kappa shape index (κ2) is 6.74. The van der Waals surface area contributed by atoms with Crippen LogP contribution in [0.4, 0.5) is 0 Å². The number of ether oxygens (including phenoxy) is 1. The van der Waals surface area contributed by atoms with Crippen LogP contribution in [0.15, 0.2) is 10.6 Å². The fourth-order valence-electron chi connectivity index (χ4n) is 4.34. The Morgan fingerprint density at radius 1 is 1.38 bits per heavy atom. The molecule has 0 radical (unpaired) electrons. The van der Waals surface area contributed by atoms with Crippen molar-refractivity contribution in [2.45, 2.75) is 50.7 Å². The van der Waals surface area contributed by atoms with E-state index in [1.165, 1.54) is 6.26 Å². The maximum absolute atomic E-state index is 12.4. The maximum Gasteiger partial charge on any atom is 0.212 e. The second-order valence-electron chi connectivity index (χ2n) is 7.14. The lowest BCUT2D eigenvalue weighted by molar-refractivity contribution is 0.0650. The zero-order valence-electron chi connectivity index (χ0n) is 14.7. The Labute approximate surface area is 144 Å². The van der Waals surface area contributed by atoms with Gasteiger partial charge in [0, 0.05) is 44.4 Å². The normalized spacial score (nSPS) is 25.5. The number of likely N-dealkylation sites (tertiary alicyclic amines) is 1. The van der Waals surface area contributed by atoms with Crippen molar-refractivity contribution in [2.24, 2.45) is 0 Å². The van der Waals surface area contributed by atoms with Crippen molar-refractivity contribution in [1.82, 2.24) is 14.4 Å². The molecule has 3 heterocycles. The van der Waals surface area contributed by atoms with E-state index in [1.54, 1.807) is 11.4 Å². The van der Waals surface area contributed by atoms with Crippen LogP contribution in [0.1, 0.15) is 37.1 Å². The highest BCUT2D eigenvalue weighted by Crippen LogP contribution is 2.43. The van der Waals surface area contributed by atoms with Crippen molar-refractivity contribution < 1.29 is 17.7 Å². The molecule has 136 valence electrons. The molecule has 2 aliphatic heterocycles. The molecule has 2 saturated heterocycles. The van der Waals surface area contributed by atoms with Crippen molar-refractivity contribution in [3.8, 4) is 0 Å². The highest BCUT2D eigenvalue weighted by atomic mass is 32.2. The number of hydrogen-bond donors (Lipinski definition) is 0. The average Bonchev–Trinajstić information content (AvgIpc) is 3.06. The molecule has 1 aromatic heterocycles. The van der Waals surface area contributed by atoms with Gasteiger partial charge in [-0.05, 0) is 32.6 Å². The summed E-state index contributed by atoms with van der Waals surface area (Å²) < 4.78 is 36.9. The van der Waals surface area contributed by atoms with Crippen LogP contribution in [0.5, 0.6) is 0 Å². The third-order valence-corrected chi connectivity index (χ3v) is 6.71. The molecule has 8 heteroatoms. The number of methoxy groups -OCH3 is 1. The number of aryl methyl sites for hydroxylation is 1. The van der Waals surface area contributed by atoms with Gasteiger partial charge in [-0.15, -0.1) is 0 Å². The first-order valence-corrected chi connectivity index (χ1v) is 10.3. The summed E-state index contributed by atoms with van der Waals surface area (Å²) in [5.74, 6) is 0.819. The summed E-state index contributed by atoms with van der Waals surface area (Å²) in [6.07, 6.45) is 4.84. The van der Waals surface area contributed by atoms with Crippen LogP contribution in [0.3, 0.4) is 0 Å². The lowest BCUT2D eigenvalue weighted by Gasteiger charge is -2.45. The summed E-state index contributed by atoms with van der Waals surface area (Å²) in [6.45, 7) is 4.86. The summed E-state index contributed by atoms with van der Waals surface area (Å²) in [7, 11) is -1.61. The summed E-state index contributed by atoms with van der Waals surface area (Å²) in [4.78, 5) is 2.33. The highest BCUT2D eigenvalue weighted by Gasteiger charge is 2.51. The monoisotopic (exact) mass is 357 g/mol. The van der Waals surface area contributed by atoms with Crippen LogP contribution in [0.25, 0.3) is 0 Å². The molecule has 0 N–H and O–H groups in total. The number of rotatable bonds is 5. The largest absolute Gasteiger partial charge is 0.383 e. The predicted molar refractivity (Wildman–Crippen MR) is 90.1 cm³/mol. The molecule has 3 rings (SSSR count). The molecule has 1 atom stereocenters. The first-order valence-electron chi connectivity index (χ1n) is 8.47. The number of hydrogen-bond acceptors (Lipinski definition) is 6. The van der Waals surface area contributed by atoms with Crippen molar-refractivity contribution in [1.29, 1.82) is 0 Å². The van der Waals surface area contributed by atoms with Crippen molar-refractivity contribution in [3.63, 3.8) is 0 Å². The summed E-state index contributed by atoms with van der Waals surface area (Å²) >= 11 is 0. The summed E-state index contributed by atoms with van der Waals surface area (Å²) in [5, 5.41) is 4.05. The molecule has 1 spiro atoms. The maximum atomic E-state index is 12.4. The lowest BCUT2D eigenvalue weighted by atomic mass is 9.86. The standard InChI is InChI=1S/C16H27N3O4S/c1-13-10-14(17-23-13)11-18-8-6-16(7-9-18)5-4-15(12-22-2)19(16)24(3,20)21/h10,15H,4-9,11-12H2,1-3H3/t15-/m0/s1. The number of piperidine rings is 1. The quantitative estimate of drug-likeness (QED) is 0.793. The van der Waals surface area contributed by atoms with Gasteiger partial charge in [0.05, 0.1) is 18.6 Å². The molecule has 2 fully saturated rings. The Kier molecular flexibility index (Phi) is 5.01. The van der Waals surface area contributed by atoms with Gasteiger partial charge in [0.15, 0.2) is 0 Å². The lowest BCUT2D eigenvalue weighted by Crippen LogP contribution is -2.56. The zero-order valence-corrected chi connectivity index (χ0v) is 15.5. The van der Waals surface area contributed by atoms with Crippen LogP contribution < -0.4 is 0 Å². The van der Waals surface area contributed by atoms with Crippen LogP contribution in [-0.4, -0.2) is 67.4 Å². The van der Waals surface area contributed by atoms with Gasteiger partial charge in [-0.25, -0.2) is 8.42 Å². The SMILES string of the molecule is COC[C@@H]1CCC2(CCN(Cc3cc(C)on3)CC2)N1S(C)(=O)=O. The molecule has 2 aliphatic rings. The van der Waals surface area contributed by atoms with Gasteiger partial charge in [0.2, 0.25) is 10.0 Å². The minimum Gasteiger partial charge on any atom is -0.383 e. The van der Waals surface area contributed by atoms with Gasteiger partial charge in [0.1, 0.15) is 5.76 Å². The summed E-state index contributed by atoms with van der Waals surface area (Å²) in [5.41, 5.74) is 0.694. The van der Waals surface area contributed by atoms with Crippen molar-refractivity contribution >= 4 is 10.0 Å². The number of sulfonamides is 1. The van der Waals surface area contributed by atoms with Crippen LogP contribution in [0.2, 0.25) is 0 Å². The Morgan fingerprint density at radius 2 is 2.08 bits per heavy atom. The smallest absolute Gasteiger partial charge is 0.212 e. The van der Waals surface area contributed by atoms with E-state index >= 15 is 0 Å². The van der Waals surface area contributed by atoms with E-state index < -0.39 is 10.0 Å². The van der Waals surface area contributed by atoms with E-state index in [4.69, 9.17) is 9.26 Å². The Hall–Kier alpha value is -0.960. The van der Waals surface area contributed by atoms with E-state index in [2.05, 4.69) is 10.1 Å². The minimum atomic E-state index is -3.25. The zero-order chi connectivity index (χ0) is 17.4. The van der Waals surface area contributed by atoms with Gasteiger partial charge < -0.3 is 9.26 Å². The van der Waals surface area contributed by atoms with Gasteiger partial charge in [-0.1, -0.05) is 5.16 Å². The van der Waals surface area contributed by atoms with E-state index in [0.29, 0.717) is 6.61 Å². The molecule has 0 saturated carbocycles. The van der Waals surface area contributed by atoms with E-state index in [9.17, 15) is 8.42 Å². The fourth-order valence-corrected chi connectivity index (χ4v) is 6.02. The van der Waals surface area contributed by atoms with E-state index in [-0.39, 0.29) is 11.6 Å². The molecule has 24 heavy (non-hydrogen) atoms. The Bertz CT molecular complexity index is 665. The second-order valence-corrected chi connectivity index (χ2v) is 9.00. The van der Waals surface area contributed by atoms with Crippen LogP contribution in [0, 0.1) is 6.92 Å². The fraction of sp³-hybridized carbons (Fsp3) is 0.812. The average molecular weight is 357 g/mol. The minimum absolute atomic E-state index is 0.0326. The molecule has 0 amide bonds. The molecular weight excluding hydrogens is 330 g/mol. The van der Waals surface area contributed by atoms with Gasteiger partial charge in [-0.2, -0.15) is 4.31 Å². The highest BCUT2D eigenvalue weighted by molar-refractivity contribution is 7.88. The molecule has 0 aliphatic carbocycles. The Morgan fingerprint density at radius 3 is 2.62 bits per heavy atom. The molecule has 0 unspecified atom stereocenters. The van der Waals surface area contributed by atoms with Crippen LogP contribution >= 0.6 is 0 Å². The van der Waals surface area contributed by atoms with Gasteiger partial charge >= 0.3 is 0 Å². The van der Waals surface area contributed by atoms with Gasteiger partial charge in [0.25, 0.3) is 0 Å². The first-order chi connectivity index (χ1) is 11.3. The number of aromatic nitrogens is 1. The first kappa shape index (κ1) is 17.8. The molecule has 0 aromatic carbocycles. The predicted octanol–water partition coefficient (Wildman–Crippen LogP) is 1.39. The van der Waals surface area contributed by atoms with Gasteiger partial charge in [-0.3, -0.25) is 4.90 Å². The molecule has 7 nitrogen and oxygen atoms in total. The van der Waals surface area contributed by atoms with Crippen molar-refractivity contribution in [3.05, 3.63) is 17.5 Å². The van der Waals surface area contributed by atoms with Crippen molar-refractivity contribution in [2.75, 3.05) is 33.1 Å². The molecular formula is C16H27N3O4S. The van der Waals surface area contributed by atoms with E-state index in [0.717, 1.165) is 56.8 Å². The summed E-state index contributed by atoms with van der Waals surface area (Å²) in [6, 6.07) is 1.92. The van der Waals surface area contributed by atoms with E-state index in [1.807, 2.05) is 13.0 Å². The van der Waals surface area contributed by atoms with Crippen LogP contribution in [-0.2, 0) is 21.3 Å².